The molecule has 19 heavy (non-hydrogen) atoms. The van der Waals surface area contributed by atoms with Gasteiger partial charge in [-0.05, 0) is 6.07 Å². The lowest BCUT2D eigenvalue weighted by Crippen LogP contribution is -2.26. The van der Waals surface area contributed by atoms with Crippen molar-refractivity contribution < 1.29 is 14.3 Å². The van der Waals surface area contributed by atoms with Gasteiger partial charge in [0.2, 0.25) is 5.88 Å². The van der Waals surface area contributed by atoms with E-state index in [1.807, 2.05) is 0 Å². The lowest BCUT2D eigenvalue weighted by Gasteiger charge is -2.22. The fraction of sp³-hybridized carbons (Fsp3) is 0.429. The van der Waals surface area contributed by atoms with Crippen LogP contribution in [0, 0.1) is 12.3 Å². The third kappa shape index (κ3) is 3.97. The van der Waals surface area contributed by atoms with Crippen molar-refractivity contribution >= 4 is 5.91 Å². The van der Waals surface area contributed by atoms with Crippen LogP contribution in [0.5, 0.6) is 5.88 Å². The molecule has 0 saturated carbocycles. The van der Waals surface area contributed by atoms with E-state index < -0.39 is 0 Å². The van der Waals surface area contributed by atoms with Gasteiger partial charge in [0.05, 0.1) is 25.3 Å². The largest absolute Gasteiger partial charge is 0.474 e. The van der Waals surface area contributed by atoms with Crippen LogP contribution in [0.1, 0.15) is 23.2 Å². The molecule has 1 N–H and O–H groups in total. The minimum Gasteiger partial charge on any atom is -0.474 e. The van der Waals surface area contributed by atoms with E-state index in [0.29, 0.717) is 11.4 Å². The van der Waals surface area contributed by atoms with Gasteiger partial charge in [0.1, 0.15) is 6.10 Å². The summed E-state index contributed by atoms with van der Waals surface area (Å²) in [6.45, 7) is 1.65. The minimum absolute atomic E-state index is 0.141. The molecule has 1 aliphatic rings. The Morgan fingerprint density at radius 2 is 2.32 bits per heavy atom. The maximum Gasteiger partial charge on any atom is 0.253 e. The topological polar surface area (TPSA) is 60.5 Å². The first-order valence-corrected chi connectivity index (χ1v) is 6.21. The maximum atomic E-state index is 11.6. The lowest BCUT2D eigenvalue weighted by atomic mass is 10.1. The van der Waals surface area contributed by atoms with Gasteiger partial charge in [-0.15, -0.1) is 6.42 Å². The molecule has 2 heterocycles. The van der Waals surface area contributed by atoms with Crippen molar-refractivity contribution in [3.05, 3.63) is 23.9 Å². The number of nitrogens with zero attached hydrogens (tertiary/aromatic N) is 1. The Morgan fingerprint density at radius 3 is 2.95 bits per heavy atom. The molecule has 2 rings (SSSR count). The van der Waals surface area contributed by atoms with Crippen LogP contribution in [0.15, 0.2) is 18.3 Å². The van der Waals surface area contributed by atoms with Gasteiger partial charge in [0, 0.05) is 25.1 Å². The van der Waals surface area contributed by atoms with Gasteiger partial charge in [-0.25, -0.2) is 4.98 Å². The lowest BCUT2D eigenvalue weighted by molar-refractivity contribution is 0.0237. The zero-order chi connectivity index (χ0) is 13.5. The van der Waals surface area contributed by atoms with E-state index in [1.54, 1.807) is 12.1 Å². The van der Waals surface area contributed by atoms with Crippen LogP contribution in [-0.4, -0.2) is 36.8 Å². The second-order valence-corrected chi connectivity index (χ2v) is 4.20. The van der Waals surface area contributed by atoms with Gasteiger partial charge < -0.3 is 14.8 Å². The van der Waals surface area contributed by atoms with E-state index in [2.05, 4.69) is 16.2 Å². The average molecular weight is 260 g/mol. The van der Waals surface area contributed by atoms with Crippen molar-refractivity contribution in [3.8, 4) is 18.2 Å². The number of carbonyl (C=O) groups excluding carboxylic acids is 1. The normalized spacial score (nSPS) is 15.5. The highest BCUT2D eigenvalue weighted by Crippen LogP contribution is 2.15. The smallest absolute Gasteiger partial charge is 0.253 e. The second-order valence-electron chi connectivity index (χ2n) is 4.20. The van der Waals surface area contributed by atoms with Crippen molar-refractivity contribution in [1.29, 1.82) is 0 Å². The molecule has 5 heteroatoms. The molecule has 1 saturated heterocycles. The first kappa shape index (κ1) is 13.4. The molecule has 1 aliphatic heterocycles. The molecule has 1 aromatic rings. The fourth-order valence-corrected chi connectivity index (χ4v) is 1.78. The highest BCUT2D eigenvalue weighted by molar-refractivity contribution is 5.94. The molecule has 0 spiro atoms. The monoisotopic (exact) mass is 260 g/mol. The number of ether oxygens (including phenoxy) is 2. The van der Waals surface area contributed by atoms with Crippen LogP contribution in [0.25, 0.3) is 0 Å². The number of hydrogen-bond donors (Lipinski definition) is 1. The summed E-state index contributed by atoms with van der Waals surface area (Å²) >= 11 is 0. The van der Waals surface area contributed by atoms with Crippen molar-refractivity contribution in [2.45, 2.75) is 18.9 Å². The number of amides is 1. The van der Waals surface area contributed by atoms with Gasteiger partial charge in [-0.3, -0.25) is 4.79 Å². The summed E-state index contributed by atoms with van der Waals surface area (Å²) in [5, 5.41) is 2.58. The molecule has 5 nitrogen and oxygen atoms in total. The van der Waals surface area contributed by atoms with Gasteiger partial charge >= 0.3 is 0 Å². The van der Waals surface area contributed by atoms with E-state index in [4.69, 9.17) is 15.9 Å². The van der Waals surface area contributed by atoms with Gasteiger partial charge in [0.15, 0.2) is 0 Å². The molecule has 0 aliphatic carbocycles. The van der Waals surface area contributed by atoms with E-state index in [1.165, 1.54) is 6.20 Å². The van der Waals surface area contributed by atoms with E-state index in [0.717, 1.165) is 26.1 Å². The Bertz CT molecular complexity index is 459. The molecule has 0 bridgehead atoms. The number of hydrogen-bond acceptors (Lipinski definition) is 4. The predicted octanol–water partition coefficient (Wildman–Crippen LogP) is 1.00. The molecule has 100 valence electrons. The zero-order valence-corrected chi connectivity index (χ0v) is 10.6. The molecular formula is C14H16N2O3. The second kappa shape index (κ2) is 6.76. The van der Waals surface area contributed by atoms with Crippen LogP contribution in [0.4, 0.5) is 0 Å². The average Bonchev–Trinajstić information content (AvgIpc) is 2.46. The molecule has 0 unspecified atom stereocenters. The quantitative estimate of drug-likeness (QED) is 0.821. The Labute approximate surface area is 112 Å². The number of pyridine rings is 1. The van der Waals surface area contributed by atoms with Crippen molar-refractivity contribution in [3.63, 3.8) is 0 Å². The predicted molar refractivity (Wildman–Crippen MR) is 69.9 cm³/mol. The first-order valence-electron chi connectivity index (χ1n) is 6.21. The molecule has 0 aromatic carbocycles. The summed E-state index contributed by atoms with van der Waals surface area (Å²) in [7, 11) is 0. The van der Waals surface area contributed by atoms with E-state index in [-0.39, 0.29) is 18.6 Å². The molecule has 0 atom stereocenters. The van der Waals surface area contributed by atoms with Crippen LogP contribution < -0.4 is 10.1 Å². The molecule has 0 radical (unpaired) electrons. The minimum atomic E-state index is -0.233. The van der Waals surface area contributed by atoms with Crippen molar-refractivity contribution in [2.24, 2.45) is 0 Å². The standard InChI is InChI=1S/C14H16N2O3/c1-2-7-15-14(17)11-3-4-13(16-10-11)19-12-5-8-18-9-6-12/h1,3-4,10,12H,5-9H2,(H,15,17). The zero-order valence-electron chi connectivity index (χ0n) is 10.6. The van der Waals surface area contributed by atoms with E-state index >= 15 is 0 Å². The number of terminal acetylenes is 1. The molecule has 1 fully saturated rings. The Balaban J connectivity index is 1.90. The molecular weight excluding hydrogens is 244 g/mol. The van der Waals surface area contributed by atoms with E-state index in [9.17, 15) is 4.79 Å². The third-order valence-corrected chi connectivity index (χ3v) is 2.81. The number of carbonyl (C=O) groups is 1. The fourth-order valence-electron chi connectivity index (χ4n) is 1.78. The van der Waals surface area contributed by atoms with Crippen LogP contribution in [0.3, 0.4) is 0 Å². The Kier molecular flexibility index (Phi) is 4.76. The van der Waals surface area contributed by atoms with Crippen LogP contribution in [-0.2, 0) is 4.74 Å². The third-order valence-electron chi connectivity index (χ3n) is 2.81. The summed E-state index contributed by atoms with van der Waals surface area (Å²) in [5.74, 6) is 2.64. The SMILES string of the molecule is C#CCNC(=O)c1ccc(OC2CCOCC2)nc1. The summed E-state index contributed by atoms with van der Waals surface area (Å²) in [5.41, 5.74) is 0.467. The summed E-state index contributed by atoms with van der Waals surface area (Å²) in [6, 6.07) is 3.37. The maximum absolute atomic E-state index is 11.6. The van der Waals surface area contributed by atoms with Gasteiger partial charge in [-0.2, -0.15) is 0 Å². The van der Waals surface area contributed by atoms with Gasteiger partial charge in [-0.1, -0.05) is 5.92 Å². The highest BCUT2D eigenvalue weighted by atomic mass is 16.5. The summed E-state index contributed by atoms with van der Waals surface area (Å²) in [6.07, 6.45) is 8.43. The Morgan fingerprint density at radius 1 is 1.53 bits per heavy atom. The number of nitrogens with one attached hydrogen (secondary N) is 1. The van der Waals surface area contributed by atoms with Crippen molar-refractivity contribution in [2.75, 3.05) is 19.8 Å². The first-order chi connectivity index (χ1) is 9.29. The molecule has 1 aromatic heterocycles. The highest BCUT2D eigenvalue weighted by Gasteiger charge is 2.16. The van der Waals surface area contributed by atoms with Crippen LogP contribution >= 0.6 is 0 Å². The summed E-state index contributed by atoms with van der Waals surface area (Å²) in [4.78, 5) is 15.7. The van der Waals surface area contributed by atoms with Crippen molar-refractivity contribution in [1.82, 2.24) is 10.3 Å². The summed E-state index contributed by atoms with van der Waals surface area (Å²) < 4.78 is 11.0. The van der Waals surface area contributed by atoms with Gasteiger partial charge in [0.25, 0.3) is 5.91 Å². The molecule has 1 amide bonds. The number of rotatable bonds is 4. The Hall–Kier alpha value is -2.06. The number of aromatic nitrogens is 1. The van der Waals surface area contributed by atoms with Crippen LogP contribution in [0.2, 0.25) is 0 Å².